The molecule has 0 radical (unpaired) electrons. The smallest absolute Gasteiger partial charge is 0.313 e. The molecule has 1 aliphatic heterocycles. The molecule has 32 heavy (non-hydrogen) atoms. The molecule has 3 saturated carbocycles. The van der Waals surface area contributed by atoms with E-state index in [1.54, 1.807) is 6.92 Å². The third kappa shape index (κ3) is 3.56. The summed E-state index contributed by atoms with van der Waals surface area (Å²) in [6, 6.07) is 0. The van der Waals surface area contributed by atoms with Gasteiger partial charge in [-0.25, -0.2) is 0 Å². The maximum Gasteiger partial charge on any atom is 0.313 e. The van der Waals surface area contributed by atoms with Crippen molar-refractivity contribution in [3.8, 4) is 0 Å². The Bertz CT molecular complexity index is 774. The first kappa shape index (κ1) is 23.6. The second kappa shape index (κ2) is 8.32. The highest BCUT2D eigenvalue weighted by atomic mass is 16.6. The maximum atomic E-state index is 12.7. The van der Waals surface area contributed by atoms with E-state index >= 15 is 0 Å². The van der Waals surface area contributed by atoms with Crippen LogP contribution in [0.25, 0.3) is 0 Å². The molecule has 6 heteroatoms. The van der Waals surface area contributed by atoms with Crippen LogP contribution in [-0.4, -0.2) is 37.2 Å². The van der Waals surface area contributed by atoms with Crippen LogP contribution < -0.4 is 0 Å². The average molecular weight is 449 g/mol. The van der Waals surface area contributed by atoms with Gasteiger partial charge >= 0.3 is 17.9 Å². The molecule has 0 N–H and O–H groups in total. The van der Waals surface area contributed by atoms with E-state index in [-0.39, 0.29) is 51.9 Å². The predicted octanol–water partition coefficient (Wildman–Crippen LogP) is 4.68. The molecule has 1 saturated heterocycles. The van der Waals surface area contributed by atoms with E-state index in [1.165, 1.54) is 6.42 Å². The van der Waals surface area contributed by atoms with Crippen LogP contribution in [0.1, 0.15) is 86.0 Å². The summed E-state index contributed by atoms with van der Waals surface area (Å²) in [6.45, 7) is 11.5. The van der Waals surface area contributed by atoms with Gasteiger partial charge in [-0.15, -0.1) is 0 Å². The number of carbonyl (C=O) groups excluding carboxylic acids is 3. The third-order valence-electron chi connectivity index (χ3n) is 9.75. The molecule has 1 heterocycles. The van der Waals surface area contributed by atoms with Gasteiger partial charge in [0.2, 0.25) is 0 Å². The van der Waals surface area contributed by atoms with Gasteiger partial charge in [0, 0.05) is 24.2 Å². The molecule has 6 nitrogen and oxygen atoms in total. The van der Waals surface area contributed by atoms with Crippen molar-refractivity contribution in [2.24, 2.45) is 39.9 Å². The van der Waals surface area contributed by atoms with Crippen LogP contribution in [0.15, 0.2) is 0 Å². The molecule has 4 rings (SSSR count). The van der Waals surface area contributed by atoms with Gasteiger partial charge in [0.1, 0.15) is 12.0 Å². The molecule has 4 aliphatic rings. The fourth-order valence-electron chi connectivity index (χ4n) is 8.22. The second-order valence-corrected chi connectivity index (χ2v) is 11.6. The topological polar surface area (TPSA) is 78.9 Å². The molecular formula is C26H40O6. The Balaban J connectivity index is 1.76. The molecular weight excluding hydrogens is 408 g/mol. The van der Waals surface area contributed by atoms with Crippen molar-refractivity contribution >= 4 is 17.9 Å². The zero-order valence-corrected chi connectivity index (χ0v) is 20.4. The molecule has 0 amide bonds. The Hall–Kier alpha value is -1.59. The summed E-state index contributed by atoms with van der Waals surface area (Å²) in [5.41, 5.74) is -0.103. The lowest BCUT2D eigenvalue weighted by Gasteiger charge is -2.66. The number of fused-ring (bicyclic) bond motifs is 5. The van der Waals surface area contributed by atoms with Gasteiger partial charge in [0.25, 0.3) is 0 Å². The lowest BCUT2D eigenvalue weighted by atomic mass is 9.38. The number of rotatable bonds is 5. The summed E-state index contributed by atoms with van der Waals surface area (Å²) in [5, 5.41) is 0. The zero-order chi connectivity index (χ0) is 23.3. The average Bonchev–Trinajstić information content (AvgIpc) is 3.15. The highest BCUT2D eigenvalue weighted by molar-refractivity contribution is 5.77. The van der Waals surface area contributed by atoms with Gasteiger partial charge in [-0.1, -0.05) is 41.0 Å². The maximum absolute atomic E-state index is 12.7. The fourth-order valence-corrected chi connectivity index (χ4v) is 8.22. The van der Waals surface area contributed by atoms with E-state index in [4.69, 9.17) is 14.2 Å². The molecule has 0 aromatic heterocycles. The lowest BCUT2D eigenvalue weighted by Crippen LogP contribution is -2.64. The summed E-state index contributed by atoms with van der Waals surface area (Å²) in [4.78, 5) is 37.3. The number of hydrogen-bond donors (Lipinski definition) is 0. The zero-order valence-electron chi connectivity index (χ0n) is 20.4. The van der Waals surface area contributed by atoms with Gasteiger partial charge in [-0.2, -0.15) is 0 Å². The van der Waals surface area contributed by atoms with Gasteiger partial charge < -0.3 is 14.2 Å². The van der Waals surface area contributed by atoms with Crippen LogP contribution >= 0.6 is 0 Å². The summed E-state index contributed by atoms with van der Waals surface area (Å²) in [5.74, 6) is -0.341. The summed E-state index contributed by atoms with van der Waals surface area (Å²) < 4.78 is 17.4. The number of carbonyl (C=O) groups is 3. The third-order valence-corrected chi connectivity index (χ3v) is 9.75. The Labute approximate surface area is 192 Å². The second-order valence-electron chi connectivity index (χ2n) is 11.6. The van der Waals surface area contributed by atoms with Crippen LogP contribution in [0.5, 0.6) is 0 Å². The molecule has 0 aromatic carbocycles. The predicted molar refractivity (Wildman–Crippen MR) is 118 cm³/mol. The molecule has 0 aromatic rings. The van der Waals surface area contributed by atoms with Crippen LogP contribution in [0, 0.1) is 39.9 Å². The van der Waals surface area contributed by atoms with Crippen molar-refractivity contribution in [1.82, 2.24) is 0 Å². The molecule has 0 bridgehead atoms. The van der Waals surface area contributed by atoms with E-state index in [9.17, 15) is 14.4 Å². The van der Waals surface area contributed by atoms with E-state index < -0.39 is 6.10 Å². The molecule has 7 atom stereocenters. The van der Waals surface area contributed by atoms with Gasteiger partial charge in [0.15, 0.2) is 0 Å². The van der Waals surface area contributed by atoms with E-state index in [0.29, 0.717) is 38.4 Å². The summed E-state index contributed by atoms with van der Waals surface area (Å²) >= 11 is 0. The standard InChI is InChI=1S/C26H40O6/c1-6-20(27)31-15-26-11-8-10-24(3,4)18(26)9-12-25(5)16-14-30-23(29)22(16)17(13-19(25)26)32-21(28)7-2/h16-19,22H,6-15H2,1-5H3/t16-,17+,18+,19+,22+,25+,26-/m1/s1. The number of esters is 3. The Morgan fingerprint density at radius 1 is 1.03 bits per heavy atom. The van der Waals surface area contributed by atoms with Crippen molar-refractivity contribution in [1.29, 1.82) is 0 Å². The minimum absolute atomic E-state index is 0.0353. The van der Waals surface area contributed by atoms with Crippen molar-refractivity contribution in [3.63, 3.8) is 0 Å². The molecule has 3 aliphatic carbocycles. The summed E-state index contributed by atoms with van der Waals surface area (Å²) in [6.07, 6.45) is 6.24. The minimum atomic E-state index is -0.455. The Morgan fingerprint density at radius 2 is 1.75 bits per heavy atom. The number of ether oxygens (including phenoxy) is 3. The van der Waals surface area contributed by atoms with E-state index in [2.05, 4.69) is 20.8 Å². The van der Waals surface area contributed by atoms with Gasteiger partial charge in [0.05, 0.1) is 13.2 Å². The van der Waals surface area contributed by atoms with E-state index in [1.807, 2.05) is 6.92 Å². The van der Waals surface area contributed by atoms with Crippen LogP contribution in [0.3, 0.4) is 0 Å². The fraction of sp³-hybridized carbons (Fsp3) is 0.885. The first-order valence-electron chi connectivity index (χ1n) is 12.6. The van der Waals surface area contributed by atoms with Crippen molar-refractivity contribution in [2.75, 3.05) is 13.2 Å². The normalized spacial score (nSPS) is 42.2. The first-order chi connectivity index (χ1) is 15.1. The molecule has 0 unspecified atom stereocenters. The number of hydrogen-bond acceptors (Lipinski definition) is 6. The highest BCUT2D eigenvalue weighted by Crippen LogP contribution is 2.70. The Kier molecular flexibility index (Phi) is 6.13. The van der Waals surface area contributed by atoms with Crippen LogP contribution in [0.2, 0.25) is 0 Å². The van der Waals surface area contributed by atoms with Crippen molar-refractivity contribution in [3.05, 3.63) is 0 Å². The monoisotopic (exact) mass is 448 g/mol. The lowest BCUT2D eigenvalue weighted by molar-refractivity contribution is -0.221. The molecule has 180 valence electrons. The SMILES string of the molecule is CCC(=O)OC[C@]12CCCC(C)(C)[C@@H]1CC[C@@]1(C)[C@@H]3COC(=O)[C@@H]3[C@@H](OC(=O)CC)C[C@@H]12. The number of cyclic esters (lactones) is 1. The van der Waals surface area contributed by atoms with E-state index in [0.717, 1.165) is 25.7 Å². The summed E-state index contributed by atoms with van der Waals surface area (Å²) in [7, 11) is 0. The van der Waals surface area contributed by atoms with Crippen LogP contribution in [-0.2, 0) is 28.6 Å². The van der Waals surface area contributed by atoms with Gasteiger partial charge in [-0.05, 0) is 54.8 Å². The highest BCUT2D eigenvalue weighted by Gasteiger charge is 2.68. The van der Waals surface area contributed by atoms with Crippen LogP contribution in [0.4, 0.5) is 0 Å². The first-order valence-corrected chi connectivity index (χ1v) is 12.6. The quantitative estimate of drug-likeness (QED) is 0.449. The largest absolute Gasteiger partial charge is 0.465 e. The van der Waals surface area contributed by atoms with Gasteiger partial charge in [-0.3, -0.25) is 14.4 Å². The van der Waals surface area contributed by atoms with Crippen molar-refractivity contribution < 1.29 is 28.6 Å². The molecule has 0 spiro atoms. The minimum Gasteiger partial charge on any atom is -0.465 e. The van der Waals surface area contributed by atoms with Crippen molar-refractivity contribution in [2.45, 2.75) is 92.1 Å². The molecule has 4 fully saturated rings. The Morgan fingerprint density at radius 3 is 2.44 bits per heavy atom.